The number of hydrogen-bond acceptors (Lipinski definition) is 2. The number of halogens is 1. The lowest BCUT2D eigenvalue weighted by atomic mass is 9.97. The Morgan fingerprint density at radius 2 is 1.93 bits per heavy atom. The molecule has 0 aromatic carbocycles. The highest BCUT2D eigenvalue weighted by atomic mass is 79.9. The number of hydrogen-bond donors (Lipinski definition) is 1. The van der Waals surface area contributed by atoms with Crippen molar-refractivity contribution in [1.29, 1.82) is 0 Å². The molecule has 0 bridgehead atoms. The van der Waals surface area contributed by atoms with Crippen LogP contribution in [0.15, 0.2) is 11.1 Å². The highest BCUT2D eigenvalue weighted by Gasteiger charge is 2.24. The summed E-state index contributed by atoms with van der Waals surface area (Å²) in [7, 11) is 0. The predicted molar refractivity (Wildman–Crippen MR) is 68.3 cm³/mol. The van der Waals surface area contributed by atoms with Gasteiger partial charge >= 0.3 is 0 Å². The Hall–Kier alpha value is 0.140. The molecule has 0 amide bonds. The average Bonchev–Trinajstić information content (AvgIpc) is 2.99. The van der Waals surface area contributed by atoms with E-state index in [1.165, 1.54) is 45.3 Å². The van der Waals surface area contributed by atoms with Crippen LogP contribution >= 0.6 is 15.9 Å². The van der Waals surface area contributed by atoms with Crippen molar-refractivity contribution in [3.05, 3.63) is 11.1 Å². The SMILES string of the molecule is C=C(Br)CN1CCC(CNC2CC2)CC1. The van der Waals surface area contributed by atoms with E-state index in [0.717, 1.165) is 23.0 Å². The molecule has 2 aliphatic rings. The summed E-state index contributed by atoms with van der Waals surface area (Å²) in [6.07, 6.45) is 5.50. The van der Waals surface area contributed by atoms with E-state index in [2.05, 4.69) is 32.7 Å². The molecule has 86 valence electrons. The Morgan fingerprint density at radius 3 is 2.47 bits per heavy atom. The molecule has 1 saturated heterocycles. The van der Waals surface area contributed by atoms with Gasteiger partial charge in [0.05, 0.1) is 0 Å². The van der Waals surface area contributed by atoms with Crippen molar-refractivity contribution in [3.63, 3.8) is 0 Å². The first-order valence-electron chi connectivity index (χ1n) is 6.03. The van der Waals surface area contributed by atoms with Crippen molar-refractivity contribution in [2.75, 3.05) is 26.2 Å². The van der Waals surface area contributed by atoms with Gasteiger partial charge in [-0.1, -0.05) is 22.5 Å². The van der Waals surface area contributed by atoms with Crippen LogP contribution in [0.25, 0.3) is 0 Å². The molecule has 3 heteroatoms. The molecule has 2 rings (SSSR count). The van der Waals surface area contributed by atoms with Crippen LogP contribution < -0.4 is 5.32 Å². The monoisotopic (exact) mass is 272 g/mol. The highest BCUT2D eigenvalue weighted by molar-refractivity contribution is 9.11. The van der Waals surface area contributed by atoms with Crippen molar-refractivity contribution < 1.29 is 0 Å². The summed E-state index contributed by atoms with van der Waals surface area (Å²) in [6, 6.07) is 0.866. The van der Waals surface area contributed by atoms with E-state index >= 15 is 0 Å². The van der Waals surface area contributed by atoms with E-state index in [1.54, 1.807) is 0 Å². The Labute approximate surface area is 101 Å². The Bertz CT molecular complexity index is 218. The summed E-state index contributed by atoms with van der Waals surface area (Å²) >= 11 is 3.43. The first kappa shape index (κ1) is 11.6. The zero-order valence-corrected chi connectivity index (χ0v) is 10.9. The second-order valence-electron chi connectivity index (χ2n) is 4.92. The van der Waals surface area contributed by atoms with Crippen molar-refractivity contribution in [2.24, 2.45) is 5.92 Å². The Kier molecular flexibility index (Phi) is 4.23. The van der Waals surface area contributed by atoms with Crippen LogP contribution in [0.4, 0.5) is 0 Å². The van der Waals surface area contributed by atoms with E-state index in [4.69, 9.17) is 0 Å². The van der Waals surface area contributed by atoms with E-state index < -0.39 is 0 Å². The number of piperidine rings is 1. The third-order valence-electron chi connectivity index (χ3n) is 3.37. The summed E-state index contributed by atoms with van der Waals surface area (Å²) in [5.41, 5.74) is 0. The molecule has 0 atom stereocenters. The third kappa shape index (κ3) is 4.25. The lowest BCUT2D eigenvalue weighted by Gasteiger charge is -2.31. The smallest absolute Gasteiger partial charge is 0.0293 e. The van der Waals surface area contributed by atoms with Crippen molar-refractivity contribution >= 4 is 15.9 Å². The van der Waals surface area contributed by atoms with E-state index in [1.807, 2.05) is 0 Å². The van der Waals surface area contributed by atoms with Gasteiger partial charge in [0.25, 0.3) is 0 Å². The van der Waals surface area contributed by atoms with Gasteiger partial charge in [-0.05, 0) is 51.2 Å². The largest absolute Gasteiger partial charge is 0.314 e. The number of nitrogens with zero attached hydrogens (tertiary/aromatic N) is 1. The van der Waals surface area contributed by atoms with Gasteiger partial charge in [-0.25, -0.2) is 0 Å². The van der Waals surface area contributed by atoms with E-state index in [9.17, 15) is 0 Å². The fourth-order valence-corrected chi connectivity index (χ4v) is 2.57. The minimum Gasteiger partial charge on any atom is -0.314 e. The lowest BCUT2D eigenvalue weighted by Crippen LogP contribution is -2.38. The van der Waals surface area contributed by atoms with Gasteiger partial charge in [0.15, 0.2) is 0 Å². The van der Waals surface area contributed by atoms with Crippen LogP contribution in [0.1, 0.15) is 25.7 Å². The molecule has 0 spiro atoms. The molecule has 0 radical (unpaired) electrons. The summed E-state index contributed by atoms with van der Waals surface area (Å²) in [6.45, 7) is 8.63. The second-order valence-corrected chi connectivity index (χ2v) is 6.04. The number of nitrogens with one attached hydrogen (secondary N) is 1. The lowest BCUT2D eigenvalue weighted by molar-refractivity contribution is 0.197. The Balaban J connectivity index is 1.60. The van der Waals surface area contributed by atoms with Crippen molar-refractivity contribution in [3.8, 4) is 0 Å². The number of likely N-dealkylation sites (tertiary alicyclic amines) is 1. The molecule has 1 heterocycles. The van der Waals surface area contributed by atoms with E-state index in [0.29, 0.717) is 0 Å². The zero-order chi connectivity index (χ0) is 10.7. The van der Waals surface area contributed by atoms with Gasteiger partial charge in [0.2, 0.25) is 0 Å². The van der Waals surface area contributed by atoms with Crippen LogP contribution in [0.2, 0.25) is 0 Å². The minimum absolute atomic E-state index is 0.866. The maximum Gasteiger partial charge on any atom is 0.0293 e. The molecule has 1 aliphatic heterocycles. The average molecular weight is 273 g/mol. The van der Waals surface area contributed by atoms with Crippen LogP contribution in [0.3, 0.4) is 0 Å². The molecule has 0 aromatic rings. The molecule has 2 nitrogen and oxygen atoms in total. The molecule has 1 aliphatic carbocycles. The van der Waals surface area contributed by atoms with E-state index in [-0.39, 0.29) is 0 Å². The molecule has 1 saturated carbocycles. The second kappa shape index (κ2) is 5.46. The van der Waals surface area contributed by atoms with Crippen LogP contribution in [-0.2, 0) is 0 Å². The molecular weight excluding hydrogens is 252 g/mol. The molecule has 0 aromatic heterocycles. The third-order valence-corrected chi connectivity index (χ3v) is 3.63. The maximum absolute atomic E-state index is 3.90. The van der Waals surface area contributed by atoms with Gasteiger partial charge in [-0.3, -0.25) is 4.90 Å². The summed E-state index contributed by atoms with van der Waals surface area (Å²) < 4.78 is 1.11. The van der Waals surface area contributed by atoms with Crippen molar-refractivity contribution in [1.82, 2.24) is 10.2 Å². The molecule has 2 fully saturated rings. The minimum atomic E-state index is 0.866. The van der Waals surface area contributed by atoms with Gasteiger partial charge in [0, 0.05) is 17.1 Å². The fraction of sp³-hybridized carbons (Fsp3) is 0.833. The van der Waals surface area contributed by atoms with Gasteiger partial charge in [0.1, 0.15) is 0 Å². The highest BCUT2D eigenvalue weighted by Crippen LogP contribution is 2.22. The first-order valence-corrected chi connectivity index (χ1v) is 6.82. The first-order chi connectivity index (χ1) is 7.24. The van der Waals surface area contributed by atoms with Gasteiger partial charge < -0.3 is 5.32 Å². The quantitative estimate of drug-likeness (QED) is 0.827. The number of rotatable bonds is 5. The maximum atomic E-state index is 3.90. The summed E-state index contributed by atoms with van der Waals surface area (Å²) in [4.78, 5) is 2.49. The van der Waals surface area contributed by atoms with Crippen LogP contribution in [0, 0.1) is 5.92 Å². The summed E-state index contributed by atoms with van der Waals surface area (Å²) in [5.74, 6) is 0.908. The van der Waals surface area contributed by atoms with Gasteiger partial charge in [-0.15, -0.1) is 0 Å². The van der Waals surface area contributed by atoms with Crippen molar-refractivity contribution in [2.45, 2.75) is 31.7 Å². The molecule has 15 heavy (non-hydrogen) atoms. The van der Waals surface area contributed by atoms with Crippen LogP contribution in [0.5, 0.6) is 0 Å². The topological polar surface area (TPSA) is 15.3 Å². The normalized spacial score (nSPS) is 24.3. The standard InChI is InChI=1S/C12H21BrN2/c1-10(13)9-15-6-4-11(5-7-15)8-14-12-2-3-12/h11-12,14H,1-9H2. The molecule has 0 unspecified atom stereocenters. The molecule has 1 N–H and O–H groups in total. The van der Waals surface area contributed by atoms with Crippen LogP contribution in [-0.4, -0.2) is 37.1 Å². The Morgan fingerprint density at radius 1 is 1.27 bits per heavy atom. The summed E-state index contributed by atoms with van der Waals surface area (Å²) in [5, 5.41) is 3.64. The van der Waals surface area contributed by atoms with Gasteiger partial charge in [-0.2, -0.15) is 0 Å². The molecular formula is C12H21BrN2. The zero-order valence-electron chi connectivity index (χ0n) is 9.34. The predicted octanol–water partition coefficient (Wildman–Crippen LogP) is 2.36. The fourth-order valence-electron chi connectivity index (χ4n) is 2.21.